The maximum atomic E-state index is 15.4. The van der Waals surface area contributed by atoms with Crippen LogP contribution in [-0.4, -0.2) is 24.3 Å². The van der Waals surface area contributed by atoms with Crippen molar-refractivity contribution >= 4 is 0 Å². The third-order valence-electron chi connectivity index (χ3n) is 7.90. The average Bonchev–Trinajstić information content (AvgIpc) is 2.71. The van der Waals surface area contributed by atoms with Gasteiger partial charge in [0.25, 0.3) is 5.92 Å². The predicted octanol–water partition coefficient (Wildman–Crippen LogP) is 6.65. The SMILES string of the molecule is Cc1ccc(C23CCC(OCC4CCC(C)CC4)(CC2)C(F)C3(F)F)c(F)c1F. The fraction of sp³-hybridized carbons (Fsp3) is 0.739. The van der Waals surface area contributed by atoms with Crippen molar-refractivity contribution in [3.8, 4) is 0 Å². The van der Waals surface area contributed by atoms with E-state index < -0.39 is 40.3 Å². The van der Waals surface area contributed by atoms with E-state index in [1.807, 2.05) is 0 Å². The van der Waals surface area contributed by atoms with Crippen LogP contribution >= 0.6 is 0 Å². The van der Waals surface area contributed by atoms with Gasteiger partial charge in [0.2, 0.25) is 0 Å². The lowest BCUT2D eigenvalue weighted by molar-refractivity contribution is -0.279. The summed E-state index contributed by atoms with van der Waals surface area (Å²) >= 11 is 0. The van der Waals surface area contributed by atoms with Gasteiger partial charge >= 0.3 is 0 Å². The summed E-state index contributed by atoms with van der Waals surface area (Å²) in [6.45, 7) is 3.87. The third-order valence-corrected chi connectivity index (χ3v) is 7.90. The summed E-state index contributed by atoms with van der Waals surface area (Å²) in [5.41, 5.74) is -3.89. The Hall–Kier alpha value is -1.17. The zero-order valence-electron chi connectivity index (χ0n) is 17.0. The molecule has 4 aliphatic rings. The highest BCUT2D eigenvalue weighted by Gasteiger charge is 2.73. The number of benzene rings is 1. The number of hydrogen-bond acceptors (Lipinski definition) is 1. The lowest BCUT2D eigenvalue weighted by atomic mass is 9.53. The highest BCUT2D eigenvalue weighted by atomic mass is 19.3. The number of rotatable bonds is 4. The molecule has 0 N–H and O–H groups in total. The molecule has 4 saturated carbocycles. The molecular weight excluding hydrogens is 387 g/mol. The van der Waals surface area contributed by atoms with Crippen molar-refractivity contribution in [1.82, 2.24) is 0 Å². The topological polar surface area (TPSA) is 9.23 Å². The van der Waals surface area contributed by atoms with Crippen molar-refractivity contribution in [3.63, 3.8) is 0 Å². The number of halogens is 5. The molecule has 4 aliphatic carbocycles. The summed E-state index contributed by atoms with van der Waals surface area (Å²) in [4.78, 5) is 0. The second-order valence-electron chi connectivity index (χ2n) is 9.63. The molecule has 4 fully saturated rings. The molecule has 0 spiro atoms. The van der Waals surface area contributed by atoms with Crippen LogP contribution in [0.2, 0.25) is 0 Å². The average molecular weight is 416 g/mol. The Morgan fingerprint density at radius 3 is 2.21 bits per heavy atom. The van der Waals surface area contributed by atoms with Gasteiger partial charge in [-0.15, -0.1) is 0 Å². The zero-order chi connectivity index (χ0) is 21.0. The summed E-state index contributed by atoms with van der Waals surface area (Å²) in [7, 11) is 0. The number of aryl methyl sites for hydroxylation is 1. The Morgan fingerprint density at radius 1 is 0.966 bits per heavy atom. The molecule has 6 heteroatoms. The van der Waals surface area contributed by atoms with Gasteiger partial charge < -0.3 is 4.74 Å². The third kappa shape index (κ3) is 3.12. The Morgan fingerprint density at radius 2 is 1.59 bits per heavy atom. The molecule has 162 valence electrons. The van der Waals surface area contributed by atoms with Crippen LogP contribution in [0.15, 0.2) is 12.1 Å². The van der Waals surface area contributed by atoms with E-state index in [0.29, 0.717) is 12.5 Å². The van der Waals surface area contributed by atoms with Gasteiger partial charge in [-0.05, 0) is 62.8 Å². The minimum atomic E-state index is -3.81. The maximum absolute atomic E-state index is 15.4. The summed E-state index contributed by atoms with van der Waals surface area (Å²) in [5.74, 6) is -5.28. The second-order valence-corrected chi connectivity index (χ2v) is 9.63. The molecule has 1 nitrogen and oxygen atoms in total. The van der Waals surface area contributed by atoms with Crippen LogP contribution in [0.1, 0.15) is 69.4 Å². The van der Waals surface area contributed by atoms with E-state index in [4.69, 9.17) is 4.74 Å². The van der Waals surface area contributed by atoms with E-state index in [0.717, 1.165) is 25.7 Å². The molecule has 0 radical (unpaired) electrons. The minimum Gasteiger partial charge on any atom is -0.371 e. The minimum absolute atomic E-state index is 0.0499. The van der Waals surface area contributed by atoms with Crippen molar-refractivity contribution in [1.29, 1.82) is 0 Å². The fourth-order valence-electron chi connectivity index (χ4n) is 5.72. The quantitative estimate of drug-likeness (QED) is 0.499. The molecular formula is C23H29F5O. The molecule has 0 saturated heterocycles. The van der Waals surface area contributed by atoms with Gasteiger partial charge in [0.1, 0.15) is 5.60 Å². The number of hydrogen-bond donors (Lipinski definition) is 0. The van der Waals surface area contributed by atoms with Crippen LogP contribution in [-0.2, 0) is 10.2 Å². The van der Waals surface area contributed by atoms with Gasteiger partial charge in [-0.3, -0.25) is 0 Å². The number of alkyl halides is 3. The first kappa shape index (κ1) is 21.1. The number of fused-ring (bicyclic) bond motifs is 3. The van der Waals surface area contributed by atoms with Gasteiger partial charge in [0.05, 0.1) is 12.0 Å². The van der Waals surface area contributed by atoms with Gasteiger partial charge in [-0.1, -0.05) is 31.9 Å². The van der Waals surface area contributed by atoms with Crippen LogP contribution in [0.25, 0.3) is 0 Å². The van der Waals surface area contributed by atoms with Crippen LogP contribution in [0.5, 0.6) is 0 Å². The molecule has 0 amide bonds. The lowest BCUT2D eigenvalue weighted by Gasteiger charge is -2.59. The first-order chi connectivity index (χ1) is 13.6. The van der Waals surface area contributed by atoms with Crippen molar-refractivity contribution < 1.29 is 26.7 Å². The Kier molecular flexibility index (Phi) is 5.24. The second kappa shape index (κ2) is 7.21. The first-order valence-electron chi connectivity index (χ1n) is 10.7. The monoisotopic (exact) mass is 416 g/mol. The van der Waals surface area contributed by atoms with E-state index in [1.165, 1.54) is 19.1 Å². The highest BCUT2D eigenvalue weighted by molar-refractivity contribution is 5.38. The van der Waals surface area contributed by atoms with Gasteiger partial charge in [0.15, 0.2) is 17.8 Å². The van der Waals surface area contributed by atoms with E-state index >= 15 is 13.2 Å². The highest BCUT2D eigenvalue weighted by Crippen LogP contribution is 2.63. The molecule has 2 bridgehead atoms. The van der Waals surface area contributed by atoms with E-state index in [9.17, 15) is 8.78 Å². The first-order valence-corrected chi connectivity index (χ1v) is 10.7. The molecule has 1 aromatic carbocycles. The maximum Gasteiger partial charge on any atom is 0.291 e. The molecule has 29 heavy (non-hydrogen) atoms. The zero-order valence-corrected chi connectivity index (χ0v) is 17.0. The van der Waals surface area contributed by atoms with Crippen LogP contribution < -0.4 is 0 Å². The van der Waals surface area contributed by atoms with E-state index in [2.05, 4.69) is 6.92 Å². The Labute approximate surface area is 169 Å². The molecule has 1 unspecified atom stereocenters. The Balaban J connectivity index is 1.58. The molecule has 0 heterocycles. The smallest absolute Gasteiger partial charge is 0.291 e. The predicted molar refractivity (Wildman–Crippen MR) is 101 cm³/mol. The number of ether oxygens (including phenoxy) is 1. The summed E-state index contributed by atoms with van der Waals surface area (Å²) in [6.07, 6.45) is 1.57. The fourth-order valence-corrected chi connectivity index (χ4v) is 5.72. The van der Waals surface area contributed by atoms with Crippen molar-refractivity contribution in [2.24, 2.45) is 11.8 Å². The molecule has 0 aliphatic heterocycles. The van der Waals surface area contributed by atoms with Crippen LogP contribution in [0, 0.1) is 30.4 Å². The van der Waals surface area contributed by atoms with Crippen LogP contribution in [0.4, 0.5) is 22.0 Å². The molecule has 5 rings (SSSR count). The van der Waals surface area contributed by atoms with Crippen molar-refractivity contribution in [3.05, 3.63) is 34.9 Å². The molecule has 1 atom stereocenters. The van der Waals surface area contributed by atoms with Crippen molar-refractivity contribution in [2.75, 3.05) is 6.61 Å². The lowest BCUT2D eigenvalue weighted by Crippen LogP contribution is -2.69. The largest absolute Gasteiger partial charge is 0.371 e. The van der Waals surface area contributed by atoms with Gasteiger partial charge in [-0.25, -0.2) is 22.0 Å². The standard InChI is InChI=1S/C23H29F5O/c1-14-3-6-16(7-4-14)13-29-22-11-9-21(10-12-22,23(27,28)20(22)26)17-8-5-15(2)18(24)19(17)25/h5,8,14,16,20H,3-4,6-7,9-13H2,1-2H3. The Bertz CT molecular complexity index is 761. The van der Waals surface area contributed by atoms with Gasteiger partial charge in [0, 0.05) is 5.56 Å². The summed E-state index contributed by atoms with van der Waals surface area (Å²) in [6, 6.07) is 2.50. The normalized spacial score (nSPS) is 38.9. The molecule has 1 aromatic rings. The van der Waals surface area contributed by atoms with Gasteiger partial charge in [-0.2, -0.15) is 0 Å². The van der Waals surface area contributed by atoms with Crippen molar-refractivity contribution in [2.45, 2.75) is 88.3 Å². The molecule has 0 aromatic heterocycles. The van der Waals surface area contributed by atoms with Crippen LogP contribution in [0.3, 0.4) is 0 Å². The summed E-state index contributed by atoms with van der Waals surface area (Å²) in [5, 5.41) is 0. The van der Waals surface area contributed by atoms with E-state index in [-0.39, 0.29) is 37.2 Å². The van der Waals surface area contributed by atoms with E-state index in [1.54, 1.807) is 0 Å². The summed E-state index contributed by atoms with van der Waals surface area (Å²) < 4.78 is 80.6.